The van der Waals surface area contributed by atoms with Crippen molar-refractivity contribution in [3.63, 3.8) is 0 Å². The summed E-state index contributed by atoms with van der Waals surface area (Å²) in [4.78, 5) is 17.1. The second kappa shape index (κ2) is 6.93. The topological polar surface area (TPSA) is 72.9 Å². The highest BCUT2D eigenvalue weighted by molar-refractivity contribution is 7.12. The Balaban J connectivity index is 2.05. The molecular formula is C17H20N4OS. The SMILES string of the molecule is CCCCCc1nc2ccccc2n1-c1csc(C(=O)NN)c1. The third-order valence-corrected chi connectivity index (χ3v) is 4.75. The predicted octanol–water partition coefficient (Wildman–Crippen LogP) is 3.42. The van der Waals surface area contributed by atoms with Crippen LogP contribution in [-0.2, 0) is 6.42 Å². The average molecular weight is 328 g/mol. The van der Waals surface area contributed by atoms with Crippen LogP contribution in [-0.4, -0.2) is 15.5 Å². The van der Waals surface area contributed by atoms with Crippen LogP contribution in [0.3, 0.4) is 0 Å². The van der Waals surface area contributed by atoms with Crippen LogP contribution in [0.4, 0.5) is 0 Å². The molecule has 0 atom stereocenters. The van der Waals surface area contributed by atoms with E-state index in [1.54, 1.807) is 0 Å². The maximum absolute atomic E-state index is 11.7. The first-order valence-corrected chi connectivity index (χ1v) is 8.68. The summed E-state index contributed by atoms with van der Waals surface area (Å²) >= 11 is 1.39. The Bertz CT molecular complexity index is 821. The van der Waals surface area contributed by atoms with Crippen molar-refractivity contribution in [1.29, 1.82) is 0 Å². The van der Waals surface area contributed by atoms with Crippen LogP contribution in [0.5, 0.6) is 0 Å². The molecule has 0 unspecified atom stereocenters. The van der Waals surface area contributed by atoms with Gasteiger partial charge < -0.3 is 0 Å². The minimum atomic E-state index is -0.266. The second-order valence-electron chi connectivity index (χ2n) is 5.45. The smallest absolute Gasteiger partial charge is 0.275 e. The molecule has 3 aromatic rings. The number of hydrazine groups is 1. The second-order valence-corrected chi connectivity index (χ2v) is 6.36. The van der Waals surface area contributed by atoms with E-state index in [0.717, 1.165) is 35.4 Å². The number of nitrogen functional groups attached to an aromatic ring is 1. The summed E-state index contributed by atoms with van der Waals surface area (Å²) in [6, 6.07) is 9.96. The third kappa shape index (κ3) is 3.13. The molecule has 0 spiro atoms. The van der Waals surface area contributed by atoms with Crippen molar-refractivity contribution >= 4 is 28.3 Å². The van der Waals surface area contributed by atoms with Crippen LogP contribution in [0.15, 0.2) is 35.7 Å². The molecule has 23 heavy (non-hydrogen) atoms. The highest BCUT2D eigenvalue weighted by Crippen LogP contribution is 2.26. The van der Waals surface area contributed by atoms with E-state index >= 15 is 0 Å². The number of fused-ring (bicyclic) bond motifs is 1. The molecule has 120 valence electrons. The molecule has 1 amide bonds. The Morgan fingerprint density at radius 1 is 1.35 bits per heavy atom. The number of aryl methyl sites for hydroxylation is 1. The number of para-hydroxylation sites is 2. The minimum absolute atomic E-state index is 0.266. The Labute approximate surface area is 139 Å². The number of imidazole rings is 1. The number of hydrogen-bond donors (Lipinski definition) is 2. The monoisotopic (exact) mass is 328 g/mol. The Morgan fingerprint density at radius 2 is 2.17 bits per heavy atom. The van der Waals surface area contributed by atoms with Crippen LogP contribution >= 0.6 is 11.3 Å². The first-order valence-electron chi connectivity index (χ1n) is 7.80. The molecule has 0 aliphatic carbocycles. The van der Waals surface area contributed by atoms with Gasteiger partial charge in [0.05, 0.1) is 21.6 Å². The fourth-order valence-electron chi connectivity index (χ4n) is 2.70. The lowest BCUT2D eigenvalue weighted by atomic mass is 10.2. The van der Waals surface area contributed by atoms with Gasteiger partial charge in [0, 0.05) is 11.8 Å². The van der Waals surface area contributed by atoms with Crippen molar-refractivity contribution in [2.45, 2.75) is 32.6 Å². The van der Waals surface area contributed by atoms with Gasteiger partial charge in [0.2, 0.25) is 0 Å². The standard InChI is InChI=1S/C17H20N4OS/c1-2-3-4-9-16-19-13-7-5-6-8-14(13)21(16)12-10-15(23-11-12)17(22)20-18/h5-8,10-11H,2-4,9,18H2,1H3,(H,20,22). The first-order chi connectivity index (χ1) is 11.2. The largest absolute Gasteiger partial charge is 0.295 e. The van der Waals surface area contributed by atoms with Crippen molar-refractivity contribution in [2.75, 3.05) is 0 Å². The summed E-state index contributed by atoms with van der Waals surface area (Å²) in [6.07, 6.45) is 4.41. The molecule has 0 bridgehead atoms. The van der Waals surface area contributed by atoms with Crippen molar-refractivity contribution in [3.05, 3.63) is 46.4 Å². The number of hydrogen-bond acceptors (Lipinski definition) is 4. The Kier molecular flexibility index (Phi) is 4.73. The number of unbranched alkanes of at least 4 members (excludes halogenated alkanes) is 2. The van der Waals surface area contributed by atoms with Gasteiger partial charge in [-0.25, -0.2) is 10.8 Å². The van der Waals surface area contributed by atoms with Gasteiger partial charge >= 0.3 is 0 Å². The van der Waals surface area contributed by atoms with Gasteiger partial charge in [0.25, 0.3) is 5.91 Å². The molecule has 3 rings (SSSR count). The molecule has 0 fully saturated rings. The summed E-state index contributed by atoms with van der Waals surface area (Å²) in [5.41, 5.74) is 5.19. The van der Waals surface area contributed by atoms with E-state index < -0.39 is 0 Å². The summed E-state index contributed by atoms with van der Waals surface area (Å²) in [7, 11) is 0. The fourth-order valence-corrected chi connectivity index (χ4v) is 3.47. The number of benzene rings is 1. The Morgan fingerprint density at radius 3 is 2.96 bits per heavy atom. The lowest BCUT2D eigenvalue weighted by Crippen LogP contribution is -2.29. The van der Waals surface area contributed by atoms with Gasteiger partial charge in [-0.15, -0.1) is 11.3 Å². The first kappa shape index (κ1) is 15.7. The average Bonchev–Trinajstić information content (AvgIpc) is 3.18. The highest BCUT2D eigenvalue weighted by atomic mass is 32.1. The van der Waals surface area contributed by atoms with Crippen molar-refractivity contribution in [1.82, 2.24) is 15.0 Å². The molecule has 3 N–H and O–H groups in total. The maximum atomic E-state index is 11.7. The molecule has 0 saturated carbocycles. The quantitative estimate of drug-likeness (QED) is 0.315. The van der Waals surface area contributed by atoms with E-state index in [-0.39, 0.29) is 5.91 Å². The number of nitrogens with two attached hydrogens (primary N) is 1. The number of amides is 1. The van der Waals surface area contributed by atoms with Gasteiger partial charge in [0.15, 0.2) is 0 Å². The molecule has 5 nitrogen and oxygen atoms in total. The van der Waals surface area contributed by atoms with E-state index in [0.29, 0.717) is 4.88 Å². The van der Waals surface area contributed by atoms with E-state index in [1.807, 2.05) is 29.6 Å². The summed E-state index contributed by atoms with van der Waals surface area (Å²) < 4.78 is 2.15. The highest BCUT2D eigenvalue weighted by Gasteiger charge is 2.15. The van der Waals surface area contributed by atoms with Crippen LogP contribution < -0.4 is 11.3 Å². The molecule has 0 saturated heterocycles. The third-order valence-electron chi connectivity index (χ3n) is 3.83. The van der Waals surface area contributed by atoms with Crippen LogP contribution in [0, 0.1) is 0 Å². The zero-order chi connectivity index (χ0) is 16.2. The van der Waals surface area contributed by atoms with Crippen molar-refractivity contribution in [2.24, 2.45) is 5.84 Å². The fraction of sp³-hybridized carbons (Fsp3) is 0.294. The normalized spacial score (nSPS) is 11.0. The summed E-state index contributed by atoms with van der Waals surface area (Å²) in [5.74, 6) is 5.99. The molecule has 2 aromatic heterocycles. The van der Waals surface area contributed by atoms with E-state index in [9.17, 15) is 4.79 Å². The Hall–Kier alpha value is -2.18. The zero-order valence-electron chi connectivity index (χ0n) is 13.1. The minimum Gasteiger partial charge on any atom is -0.295 e. The van der Waals surface area contributed by atoms with E-state index in [2.05, 4.69) is 23.0 Å². The predicted molar refractivity (Wildman–Crippen MR) is 93.8 cm³/mol. The van der Waals surface area contributed by atoms with Gasteiger partial charge in [-0.3, -0.25) is 14.8 Å². The molecular weight excluding hydrogens is 308 g/mol. The molecule has 6 heteroatoms. The van der Waals surface area contributed by atoms with Gasteiger partial charge in [-0.05, 0) is 24.6 Å². The van der Waals surface area contributed by atoms with Crippen LogP contribution in [0.25, 0.3) is 16.7 Å². The van der Waals surface area contributed by atoms with Crippen molar-refractivity contribution in [3.8, 4) is 5.69 Å². The number of carbonyl (C=O) groups excluding carboxylic acids is 1. The molecule has 0 aliphatic heterocycles. The molecule has 0 aliphatic rings. The summed E-state index contributed by atoms with van der Waals surface area (Å²) in [6.45, 7) is 2.19. The molecule has 0 radical (unpaired) electrons. The summed E-state index contributed by atoms with van der Waals surface area (Å²) in [5, 5.41) is 1.97. The van der Waals surface area contributed by atoms with Gasteiger partial charge in [-0.1, -0.05) is 31.9 Å². The number of rotatable bonds is 6. The zero-order valence-corrected chi connectivity index (χ0v) is 13.9. The lowest BCUT2D eigenvalue weighted by molar-refractivity contribution is 0.0957. The lowest BCUT2D eigenvalue weighted by Gasteiger charge is -2.07. The van der Waals surface area contributed by atoms with Gasteiger partial charge in [0.1, 0.15) is 5.82 Å². The molecule has 2 heterocycles. The number of aromatic nitrogens is 2. The van der Waals surface area contributed by atoms with Crippen LogP contribution in [0.2, 0.25) is 0 Å². The van der Waals surface area contributed by atoms with E-state index in [4.69, 9.17) is 10.8 Å². The number of thiophene rings is 1. The van der Waals surface area contributed by atoms with Crippen molar-refractivity contribution < 1.29 is 4.79 Å². The van der Waals surface area contributed by atoms with Gasteiger partial charge in [-0.2, -0.15) is 0 Å². The maximum Gasteiger partial charge on any atom is 0.275 e. The number of carbonyl (C=O) groups is 1. The molecule has 1 aromatic carbocycles. The van der Waals surface area contributed by atoms with Crippen LogP contribution in [0.1, 0.15) is 41.7 Å². The number of nitrogens with zero attached hydrogens (tertiary/aromatic N) is 2. The van der Waals surface area contributed by atoms with E-state index in [1.165, 1.54) is 24.2 Å². The number of nitrogens with one attached hydrogen (secondary N) is 1.